The van der Waals surface area contributed by atoms with Crippen LogP contribution in [0.1, 0.15) is 13.8 Å². The van der Waals surface area contributed by atoms with E-state index < -0.39 is 0 Å². The number of hydrogen-bond acceptors (Lipinski definition) is 2. The van der Waals surface area contributed by atoms with E-state index in [2.05, 4.69) is 31.1 Å². The van der Waals surface area contributed by atoms with E-state index in [1.54, 1.807) is 0 Å². The molecule has 0 aliphatic heterocycles. The van der Waals surface area contributed by atoms with Gasteiger partial charge in [-0.3, -0.25) is 5.32 Å². The van der Waals surface area contributed by atoms with Crippen LogP contribution in [-0.4, -0.2) is 19.3 Å². The summed E-state index contributed by atoms with van der Waals surface area (Å²) in [5.74, 6) is 0. The van der Waals surface area contributed by atoms with Crippen molar-refractivity contribution < 1.29 is 0 Å². The van der Waals surface area contributed by atoms with Crippen LogP contribution in [0.15, 0.2) is 12.7 Å². The van der Waals surface area contributed by atoms with E-state index in [4.69, 9.17) is 0 Å². The first-order valence-electron chi connectivity index (χ1n) is 3.38. The van der Waals surface area contributed by atoms with Crippen molar-refractivity contribution in [3.8, 4) is 0 Å². The molecule has 0 unspecified atom stereocenters. The van der Waals surface area contributed by atoms with Crippen molar-refractivity contribution in [1.82, 2.24) is 10.6 Å². The number of hydrogen-bond donors (Lipinski definition) is 2. The van der Waals surface area contributed by atoms with Gasteiger partial charge in [-0.25, -0.2) is 0 Å². The van der Waals surface area contributed by atoms with Gasteiger partial charge in [-0.2, -0.15) is 0 Å². The van der Waals surface area contributed by atoms with Gasteiger partial charge in [0.1, 0.15) is 0 Å². The molecule has 0 amide bonds. The second kappa shape index (κ2) is 5.79. The molecule has 0 heterocycles. The molecule has 0 aromatic carbocycles. The number of rotatable bonds is 5. The zero-order valence-electron chi connectivity index (χ0n) is 6.28. The lowest BCUT2D eigenvalue weighted by Crippen LogP contribution is -2.33. The van der Waals surface area contributed by atoms with Gasteiger partial charge in [0.25, 0.3) is 0 Å². The van der Waals surface area contributed by atoms with E-state index in [1.165, 1.54) is 0 Å². The first kappa shape index (κ1) is 8.66. The summed E-state index contributed by atoms with van der Waals surface area (Å²) >= 11 is 0. The van der Waals surface area contributed by atoms with Gasteiger partial charge < -0.3 is 5.32 Å². The minimum atomic E-state index is 0.407. The largest absolute Gasteiger partial charge is 0.305 e. The van der Waals surface area contributed by atoms with Crippen LogP contribution in [0.4, 0.5) is 0 Å². The fraction of sp³-hybridized carbons (Fsp3) is 0.714. The minimum Gasteiger partial charge on any atom is -0.305 e. The SMILES string of the molecule is C=C[C@@H](C)NCNCC. The molecule has 0 radical (unpaired) electrons. The average molecular weight is 128 g/mol. The summed E-state index contributed by atoms with van der Waals surface area (Å²) in [6, 6.07) is 0.407. The third-order valence-corrected chi connectivity index (χ3v) is 1.15. The third-order valence-electron chi connectivity index (χ3n) is 1.15. The van der Waals surface area contributed by atoms with Crippen LogP contribution in [0.25, 0.3) is 0 Å². The molecule has 0 saturated heterocycles. The zero-order chi connectivity index (χ0) is 7.11. The van der Waals surface area contributed by atoms with Crippen molar-refractivity contribution in [2.75, 3.05) is 13.2 Å². The maximum absolute atomic E-state index is 3.65. The maximum Gasteiger partial charge on any atom is 0.0458 e. The highest BCUT2D eigenvalue weighted by Gasteiger charge is 1.89. The van der Waals surface area contributed by atoms with Crippen LogP contribution in [0.5, 0.6) is 0 Å². The van der Waals surface area contributed by atoms with Gasteiger partial charge in [0.15, 0.2) is 0 Å². The summed E-state index contributed by atoms with van der Waals surface area (Å²) in [5.41, 5.74) is 0. The molecule has 9 heavy (non-hydrogen) atoms. The standard InChI is InChI=1S/C7H16N2/c1-4-7(3)9-6-8-5-2/h4,7-9H,1,5-6H2,2-3H3/t7-/m1/s1. The van der Waals surface area contributed by atoms with E-state index in [0.717, 1.165) is 13.2 Å². The molecule has 0 aromatic heterocycles. The van der Waals surface area contributed by atoms with Crippen LogP contribution in [0.2, 0.25) is 0 Å². The molecule has 0 aromatic rings. The van der Waals surface area contributed by atoms with Crippen molar-refractivity contribution in [1.29, 1.82) is 0 Å². The third kappa shape index (κ3) is 5.53. The Morgan fingerprint density at radius 2 is 2.33 bits per heavy atom. The molecule has 0 saturated carbocycles. The fourth-order valence-corrected chi connectivity index (χ4v) is 0.441. The van der Waals surface area contributed by atoms with E-state index in [1.807, 2.05) is 6.08 Å². The van der Waals surface area contributed by atoms with Crippen molar-refractivity contribution in [3.63, 3.8) is 0 Å². The minimum absolute atomic E-state index is 0.407. The van der Waals surface area contributed by atoms with Gasteiger partial charge in [-0.1, -0.05) is 13.0 Å². The highest BCUT2D eigenvalue weighted by atomic mass is 15.1. The van der Waals surface area contributed by atoms with Crippen LogP contribution in [0.3, 0.4) is 0 Å². The molecule has 0 bridgehead atoms. The molecule has 0 aliphatic carbocycles. The monoisotopic (exact) mass is 128 g/mol. The molecule has 2 N–H and O–H groups in total. The summed E-state index contributed by atoms with van der Waals surface area (Å²) in [6.45, 7) is 9.68. The Kier molecular flexibility index (Phi) is 5.57. The molecule has 1 atom stereocenters. The lowest BCUT2D eigenvalue weighted by Gasteiger charge is -2.07. The molecule has 0 rings (SSSR count). The van der Waals surface area contributed by atoms with Crippen molar-refractivity contribution in [2.24, 2.45) is 0 Å². The molecule has 2 nitrogen and oxygen atoms in total. The van der Waals surface area contributed by atoms with Gasteiger partial charge in [0.2, 0.25) is 0 Å². The normalized spacial score (nSPS) is 13.1. The summed E-state index contributed by atoms with van der Waals surface area (Å²) in [4.78, 5) is 0. The Balaban J connectivity index is 2.96. The van der Waals surface area contributed by atoms with Gasteiger partial charge in [-0.05, 0) is 13.5 Å². The Bertz CT molecular complexity index is 71.3. The molecule has 0 fully saturated rings. The van der Waals surface area contributed by atoms with Crippen LogP contribution in [-0.2, 0) is 0 Å². The lowest BCUT2D eigenvalue weighted by atomic mass is 10.3. The summed E-state index contributed by atoms with van der Waals surface area (Å²) in [5, 5.41) is 6.36. The van der Waals surface area contributed by atoms with Crippen LogP contribution in [0, 0.1) is 0 Å². The second-order valence-corrected chi connectivity index (χ2v) is 2.01. The Labute approximate surface area is 57.3 Å². The molecule has 54 valence electrons. The van der Waals surface area contributed by atoms with Gasteiger partial charge in [0, 0.05) is 12.7 Å². The summed E-state index contributed by atoms with van der Waals surface area (Å²) in [7, 11) is 0. The summed E-state index contributed by atoms with van der Waals surface area (Å²) in [6.07, 6.45) is 1.89. The molecular formula is C7H16N2. The Hall–Kier alpha value is -0.340. The van der Waals surface area contributed by atoms with Crippen molar-refractivity contribution in [3.05, 3.63) is 12.7 Å². The molecular weight excluding hydrogens is 112 g/mol. The maximum atomic E-state index is 3.65. The fourth-order valence-electron chi connectivity index (χ4n) is 0.441. The molecule has 2 heteroatoms. The average Bonchev–Trinajstić information content (AvgIpc) is 1.89. The Morgan fingerprint density at radius 1 is 1.67 bits per heavy atom. The van der Waals surface area contributed by atoms with Crippen molar-refractivity contribution >= 4 is 0 Å². The first-order valence-corrected chi connectivity index (χ1v) is 3.38. The molecule has 0 aliphatic rings. The predicted octanol–water partition coefficient (Wildman–Crippen LogP) is 0.717. The van der Waals surface area contributed by atoms with E-state index >= 15 is 0 Å². The second-order valence-electron chi connectivity index (χ2n) is 2.01. The lowest BCUT2D eigenvalue weighted by molar-refractivity contribution is 0.565. The Morgan fingerprint density at radius 3 is 2.78 bits per heavy atom. The topological polar surface area (TPSA) is 24.1 Å². The first-order chi connectivity index (χ1) is 4.31. The highest BCUT2D eigenvalue weighted by Crippen LogP contribution is 1.76. The van der Waals surface area contributed by atoms with Crippen LogP contribution >= 0.6 is 0 Å². The smallest absolute Gasteiger partial charge is 0.0458 e. The highest BCUT2D eigenvalue weighted by molar-refractivity contribution is 4.80. The van der Waals surface area contributed by atoms with Gasteiger partial charge >= 0.3 is 0 Å². The quantitative estimate of drug-likeness (QED) is 0.324. The van der Waals surface area contributed by atoms with Crippen molar-refractivity contribution in [2.45, 2.75) is 19.9 Å². The number of nitrogens with one attached hydrogen (secondary N) is 2. The van der Waals surface area contributed by atoms with E-state index in [9.17, 15) is 0 Å². The van der Waals surface area contributed by atoms with Gasteiger partial charge in [0.05, 0.1) is 0 Å². The van der Waals surface area contributed by atoms with Crippen LogP contribution < -0.4 is 10.6 Å². The van der Waals surface area contributed by atoms with Gasteiger partial charge in [-0.15, -0.1) is 6.58 Å². The summed E-state index contributed by atoms with van der Waals surface area (Å²) < 4.78 is 0. The molecule has 0 spiro atoms. The zero-order valence-corrected chi connectivity index (χ0v) is 6.28. The van der Waals surface area contributed by atoms with E-state index in [-0.39, 0.29) is 0 Å². The van der Waals surface area contributed by atoms with E-state index in [0.29, 0.717) is 6.04 Å². The predicted molar refractivity (Wildman–Crippen MR) is 41.3 cm³/mol.